The maximum atomic E-state index is 12.9. The van der Waals surface area contributed by atoms with Gasteiger partial charge in [0, 0.05) is 12.1 Å². The Hall–Kier alpha value is -2.71. The molecule has 0 bridgehead atoms. The maximum absolute atomic E-state index is 12.9. The van der Waals surface area contributed by atoms with Gasteiger partial charge in [-0.3, -0.25) is 9.59 Å². The third-order valence-electron chi connectivity index (χ3n) is 4.38. The lowest BCUT2D eigenvalue weighted by Crippen LogP contribution is -2.31. The molecule has 0 saturated carbocycles. The standard InChI is InChI=1S/C19H20N2O5S/c1-26-19(23)12-17(13-5-3-2-4-6-13)21-27(24,25)15-8-9-16-14(11-15)7-10-18(22)20-16/h2-6,8-9,11,17,21H,7,10,12H2,1H3,(H,20,22). The van der Waals surface area contributed by atoms with Crippen molar-refractivity contribution in [1.82, 2.24) is 4.72 Å². The highest BCUT2D eigenvalue weighted by Gasteiger charge is 2.25. The van der Waals surface area contributed by atoms with Crippen molar-refractivity contribution in [2.75, 3.05) is 12.4 Å². The monoisotopic (exact) mass is 388 g/mol. The Balaban J connectivity index is 1.88. The molecule has 1 heterocycles. The lowest BCUT2D eigenvalue weighted by molar-refractivity contribution is -0.141. The van der Waals surface area contributed by atoms with Crippen LogP contribution in [0.15, 0.2) is 53.4 Å². The number of amides is 1. The average Bonchev–Trinajstić information content (AvgIpc) is 2.67. The Morgan fingerprint density at radius 1 is 1.19 bits per heavy atom. The maximum Gasteiger partial charge on any atom is 0.307 e. The third kappa shape index (κ3) is 4.53. The molecule has 0 radical (unpaired) electrons. The molecule has 0 fully saturated rings. The summed E-state index contributed by atoms with van der Waals surface area (Å²) in [5.74, 6) is -0.599. The molecule has 7 nitrogen and oxygen atoms in total. The third-order valence-corrected chi connectivity index (χ3v) is 5.85. The van der Waals surface area contributed by atoms with Crippen molar-refractivity contribution in [2.24, 2.45) is 0 Å². The molecule has 27 heavy (non-hydrogen) atoms. The summed E-state index contributed by atoms with van der Waals surface area (Å²) in [5.41, 5.74) is 2.05. The van der Waals surface area contributed by atoms with Crippen molar-refractivity contribution in [1.29, 1.82) is 0 Å². The van der Waals surface area contributed by atoms with Crippen LogP contribution < -0.4 is 10.0 Å². The van der Waals surface area contributed by atoms with Crippen molar-refractivity contribution in [3.8, 4) is 0 Å². The van der Waals surface area contributed by atoms with Crippen LogP contribution in [0.3, 0.4) is 0 Å². The van der Waals surface area contributed by atoms with Crippen LogP contribution in [0, 0.1) is 0 Å². The van der Waals surface area contributed by atoms with Gasteiger partial charge in [-0.15, -0.1) is 0 Å². The summed E-state index contributed by atoms with van der Waals surface area (Å²) in [4.78, 5) is 23.3. The minimum absolute atomic E-state index is 0.0848. The molecule has 2 aromatic rings. The van der Waals surface area contributed by atoms with E-state index in [2.05, 4.69) is 10.0 Å². The molecule has 1 amide bonds. The number of methoxy groups -OCH3 is 1. The van der Waals surface area contributed by atoms with E-state index in [1.54, 1.807) is 36.4 Å². The summed E-state index contributed by atoms with van der Waals surface area (Å²) in [7, 11) is -2.62. The lowest BCUT2D eigenvalue weighted by Gasteiger charge is -2.20. The van der Waals surface area contributed by atoms with Crippen LogP contribution in [0.4, 0.5) is 5.69 Å². The predicted molar refractivity (Wildman–Crippen MR) is 99.5 cm³/mol. The molecule has 0 aliphatic carbocycles. The Labute approximate surface area is 157 Å². The van der Waals surface area contributed by atoms with Crippen LogP contribution in [-0.2, 0) is 30.8 Å². The fourth-order valence-electron chi connectivity index (χ4n) is 2.95. The number of nitrogens with one attached hydrogen (secondary N) is 2. The van der Waals surface area contributed by atoms with Gasteiger partial charge < -0.3 is 10.1 Å². The second-order valence-corrected chi connectivity index (χ2v) is 7.95. The van der Waals surface area contributed by atoms with Gasteiger partial charge in [-0.1, -0.05) is 30.3 Å². The van der Waals surface area contributed by atoms with Crippen molar-refractivity contribution < 1.29 is 22.7 Å². The highest BCUT2D eigenvalue weighted by Crippen LogP contribution is 2.27. The first-order valence-corrected chi connectivity index (χ1v) is 9.94. The Morgan fingerprint density at radius 3 is 2.63 bits per heavy atom. The van der Waals surface area contributed by atoms with Crippen molar-refractivity contribution in [3.63, 3.8) is 0 Å². The van der Waals surface area contributed by atoms with E-state index in [0.29, 0.717) is 24.1 Å². The first-order chi connectivity index (χ1) is 12.9. The van der Waals surface area contributed by atoms with Gasteiger partial charge in [-0.25, -0.2) is 13.1 Å². The molecule has 1 atom stereocenters. The summed E-state index contributed by atoms with van der Waals surface area (Å²) < 4.78 is 33.1. The molecular formula is C19H20N2O5S. The van der Waals surface area contributed by atoms with Gasteiger partial charge in [-0.2, -0.15) is 0 Å². The van der Waals surface area contributed by atoms with Gasteiger partial charge >= 0.3 is 5.97 Å². The van der Waals surface area contributed by atoms with Gasteiger partial charge in [0.15, 0.2) is 0 Å². The molecule has 0 saturated heterocycles. The quantitative estimate of drug-likeness (QED) is 0.739. The highest BCUT2D eigenvalue weighted by atomic mass is 32.2. The van der Waals surface area contributed by atoms with E-state index in [4.69, 9.17) is 4.74 Å². The number of hydrogen-bond donors (Lipinski definition) is 2. The number of carbonyl (C=O) groups is 2. The summed E-state index contributed by atoms with van der Waals surface area (Å²) in [5, 5.41) is 2.72. The molecule has 142 valence electrons. The fourth-order valence-corrected chi connectivity index (χ4v) is 4.22. The first kappa shape index (κ1) is 19.1. The van der Waals surface area contributed by atoms with E-state index in [-0.39, 0.29) is 17.2 Å². The molecule has 3 rings (SSSR count). The normalized spacial score (nSPS) is 14.8. The number of anilines is 1. The summed E-state index contributed by atoms with van der Waals surface area (Å²) in [6.45, 7) is 0. The van der Waals surface area contributed by atoms with Gasteiger partial charge in [-0.05, 0) is 35.7 Å². The zero-order valence-corrected chi connectivity index (χ0v) is 15.6. The van der Waals surface area contributed by atoms with Gasteiger partial charge in [0.1, 0.15) is 0 Å². The number of ether oxygens (including phenoxy) is 1. The smallest absolute Gasteiger partial charge is 0.307 e. The number of esters is 1. The lowest BCUT2D eigenvalue weighted by atomic mass is 10.0. The Morgan fingerprint density at radius 2 is 1.93 bits per heavy atom. The fraction of sp³-hybridized carbons (Fsp3) is 0.263. The minimum atomic E-state index is -3.88. The average molecular weight is 388 g/mol. The predicted octanol–water partition coefficient (Wildman–Crippen LogP) is 2.15. The molecule has 1 aliphatic heterocycles. The van der Waals surface area contributed by atoms with Crippen LogP contribution in [0.5, 0.6) is 0 Å². The molecule has 0 spiro atoms. The van der Waals surface area contributed by atoms with Crippen LogP contribution in [0.25, 0.3) is 0 Å². The Kier molecular flexibility index (Phi) is 5.57. The number of benzene rings is 2. The van der Waals surface area contributed by atoms with E-state index in [0.717, 1.165) is 5.56 Å². The van der Waals surface area contributed by atoms with E-state index < -0.39 is 22.0 Å². The number of sulfonamides is 1. The molecule has 1 unspecified atom stereocenters. The molecule has 2 N–H and O–H groups in total. The zero-order valence-electron chi connectivity index (χ0n) is 14.8. The molecule has 1 aliphatic rings. The van der Waals surface area contributed by atoms with E-state index in [1.807, 2.05) is 6.07 Å². The van der Waals surface area contributed by atoms with Crippen LogP contribution >= 0.6 is 0 Å². The summed E-state index contributed by atoms with van der Waals surface area (Å²) >= 11 is 0. The zero-order chi connectivity index (χ0) is 19.4. The van der Waals surface area contributed by atoms with Crippen LogP contribution in [-0.4, -0.2) is 27.4 Å². The van der Waals surface area contributed by atoms with Crippen molar-refractivity contribution in [2.45, 2.75) is 30.2 Å². The van der Waals surface area contributed by atoms with E-state index in [9.17, 15) is 18.0 Å². The van der Waals surface area contributed by atoms with Gasteiger partial charge in [0.25, 0.3) is 0 Å². The van der Waals surface area contributed by atoms with Crippen LogP contribution in [0.1, 0.15) is 30.0 Å². The van der Waals surface area contributed by atoms with Gasteiger partial charge in [0.05, 0.1) is 24.5 Å². The SMILES string of the molecule is COC(=O)CC(NS(=O)(=O)c1ccc2c(c1)CCC(=O)N2)c1ccccc1. The topological polar surface area (TPSA) is 102 Å². The van der Waals surface area contributed by atoms with Crippen LogP contribution in [0.2, 0.25) is 0 Å². The number of hydrogen-bond acceptors (Lipinski definition) is 5. The first-order valence-electron chi connectivity index (χ1n) is 8.46. The molecule has 2 aromatic carbocycles. The van der Waals surface area contributed by atoms with Gasteiger partial charge in [0.2, 0.25) is 15.9 Å². The second-order valence-electron chi connectivity index (χ2n) is 6.23. The number of carbonyl (C=O) groups excluding carboxylic acids is 2. The summed E-state index contributed by atoms with van der Waals surface area (Å²) in [6.07, 6.45) is 0.675. The number of fused-ring (bicyclic) bond motifs is 1. The molecule has 8 heteroatoms. The number of rotatable bonds is 6. The Bertz CT molecular complexity index is 957. The summed E-state index contributed by atoms with van der Waals surface area (Å²) in [6, 6.07) is 12.7. The molecule has 0 aromatic heterocycles. The second kappa shape index (κ2) is 7.89. The van der Waals surface area contributed by atoms with E-state index >= 15 is 0 Å². The minimum Gasteiger partial charge on any atom is -0.469 e. The molecular weight excluding hydrogens is 368 g/mol. The highest BCUT2D eigenvalue weighted by molar-refractivity contribution is 7.89. The number of aryl methyl sites for hydroxylation is 1. The van der Waals surface area contributed by atoms with Crippen molar-refractivity contribution in [3.05, 3.63) is 59.7 Å². The van der Waals surface area contributed by atoms with E-state index in [1.165, 1.54) is 13.2 Å². The van der Waals surface area contributed by atoms with Crippen molar-refractivity contribution >= 4 is 27.6 Å². The largest absolute Gasteiger partial charge is 0.469 e.